The summed E-state index contributed by atoms with van der Waals surface area (Å²) in [5.74, 6) is -0.283. The summed E-state index contributed by atoms with van der Waals surface area (Å²) in [5, 5.41) is 5.39. The van der Waals surface area contributed by atoms with E-state index in [0.29, 0.717) is 26.1 Å². The van der Waals surface area contributed by atoms with Crippen molar-refractivity contribution in [2.45, 2.75) is 37.6 Å². The molecule has 20 heavy (non-hydrogen) atoms. The second-order valence-electron chi connectivity index (χ2n) is 5.52. The van der Waals surface area contributed by atoms with E-state index in [1.807, 2.05) is 13.8 Å². The highest BCUT2D eigenvalue weighted by Crippen LogP contribution is 2.20. The van der Waals surface area contributed by atoms with Gasteiger partial charge in [0.1, 0.15) is 6.04 Å². The van der Waals surface area contributed by atoms with Crippen LogP contribution in [0.15, 0.2) is 0 Å². The number of carbonyl (C=O) groups is 1. The highest BCUT2D eigenvalue weighted by molar-refractivity contribution is 7.89. The van der Waals surface area contributed by atoms with Crippen molar-refractivity contribution in [3.63, 3.8) is 0 Å². The lowest BCUT2D eigenvalue weighted by Gasteiger charge is -2.35. The summed E-state index contributed by atoms with van der Waals surface area (Å²) < 4.78 is 31.9. The molecule has 2 unspecified atom stereocenters. The molecule has 7 nitrogen and oxygen atoms in total. The van der Waals surface area contributed by atoms with Crippen LogP contribution in [0.3, 0.4) is 0 Å². The summed E-state index contributed by atoms with van der Waals surface area (Å²) in [4.78, 5) is 12.2. The Balaban J connectivity index is 2.15. The van der Waals surface area contributed by atoms with Crippen molar-refractivity contribution in [3.05, 3.63) is 0 Å². The molecule has 0 spiro atoms. The zero-order chi connectivity index (χ0) is 14.8. The Bertz CT molecular complexity index is 446. The maximum atomic E-state index is 12.6. The van der Waals surface area contributed by atoms with E-state index in [9.17, 15) is 13.2 Å². The first-order valence-electron chi connectivity index (χ1n) is 7.02. The molecular formula is C12H23N3O4S. The van der Waals surface area contributed by atoms with Gasteiger partial charge in [-0.25, -0.2) is 8.42 Å². The third-order valence-corrected chi connectivity index (χ3v) is 5.91. The summed E-state index contributed by atoms with van der Waals surface area (Å²) >= 11 is 0. The smallest absolute Gasteiger partial charge is 0.241 e. The van der Waals surface area contributed by atoms with Gasteiger partial charge in [-0.05, 0) is 26.8 Å². The number of morpholine rings is 1. The average Bonchev–Trinajstić information content (AvgIpc) is 2.92. The van der Waals surface area contributed by atoms with E-state index in [4.69, 9.17) is 4.74 Å². The first-order chi connectivity index (χ1) is 9.43. The molecule has 2 rings (SSSR count). The zero-order valence-electron chi connectivity index (χ0n) is 12.0. The van der Waals surface area contributed by atoms with E-state index in [1.54, 1.807) is 0 Å². The summed E-state index contributed by atoms with van der Waals surface area (Å²) in [6.07, 6.45) is 0.595. The summed E-state index contributed by atoms with van der Waals surface area (Å²) in [6, 6.07) is -0.779. The predicted molar refractivity (Wildman–Crippen MR) is 74.8 cm³/mol. The van der Waals surface area contributed by atoms with Crippen molar-refractivity contribution in [2.24, 2.45) is 0 Å². The molecule has 116 valence electrons. The number of sulfonamides is 1. The largest absolute Gasteiger partial charge is 0.378 e. The predicted octanol–water partition coefficient (Wildman–Crippen LogP) is -1.10. The first-order valence-corrected chi connectivity index (χ1v) is 8.52. The van der Waals surface area contributed by atoms with Crippen molar-refractivity contribution in [1.82, 2.24) is 14.9 Å². The topological polar surface area (TPSA) is 87.7 Å². The zero-order valence-corrected chi connectivity index (χ0v) is 12.8. The molecule has 2 aliphatic rings. The lowest BCUT2D eigenvalue weighted by molar-refractivity contribution is -0.129. The van der Waals surface area contributed by atoms with Gasteiger partial charge in [-0.1, -0.05) is 0 Å². The molecular weight excluding hydrogens is 282 g/mol. The molecule has 0 aromatic heterocycles. The van der Waals surface area contributed by atoms with Crippen LogP contribution in [0.25, 0.3) is 0 Å². The fourth-order valence-corrected chi connectivity index (χ4v) is 4.52. The van der Waals surface area contributed by atoms with Crippen LogP contribution in [0.4, 0.5) is 0 Å². The Morgan fingerprint density at radius 2 is 2.20 bits per heavy atom. The average molecular weight is 305 g/mol. The van der Waals surface area contributed by atoms with E-state index in [2.05, 4.69) is 10.6 Å². The second-order valence-corrected chi connectivity index (χ2v) is 7.69. The molecule has 0 aromatic rings. The van der Waals surface area contributed by atoms with Crippen molar-refractivity contribution >= 4 is 15.9 Å². The second kappa shape index (κ2) is 6.38. The van der Waals surface area contributed by atoms with Crippen LogP contribution in [-0.2, 0) is 19.6 Å². The molecule has 1 amide bonds. The molecule has 0 bridgehead atoms. The summed E-state index contributed by atoms with van der Waals surface area (Å²) in [6.45, 7) is 5.57. The number of hydrogen-bond acceptors (Lipinski definition) is 5. The number of carbonyl (C=O) groups excluding carboxylic acids is 1. The van der Waals surface area contributed by atoms with Crippen molar-refractivity contribution in [2.75, 3.05) is 32.8 Å². The van der Waals surface area contributed by atoms with E-state index in [-0.39, 0.29) is 25.1 Å². The van der Waals surface area contributed by atoms with Crippen molar-refractivity contribution in [1.29, 1.82) is 0 Å². The lowest BCUT2D eigenvalue weighted by atomic mass is 10.2. The Morgan fingerprint density at radius 3 is 2.80 bits per heavy atom. The SMILES string of the molecule is CC(C)NC(=O)C1COCCN1S(=O)(=O)C1CCNC1. The Morgan fingerprint density at radius 1 is 1.45 bits per heavy atom. The van der Waals surface area contributed by atoms with E-state index in [1.165, 1.54) is 4.31 Å². The molecule has 2 saturated heterocycles. The normalized spacial score (nSPS) is 28.8. The number of nitrogens with zero attached hydrogens (tertiary/aromatic N) is 1. The maximum absolute atomic E-state index is 12.6. The standard InChI is InChI=1S/C12H23N3O4S/c1-9(2)14-12(16)11-8-19-6-5-15(11)20(17,18)10-3-4-13-7-10/h9-11,13H,3-8H2,1-2H3,(H,14,16). The van der Waals surface area contributed by atoms with Crippen LogP contribution in [-0.4, -0.2) is 68.8 Å². The van der Waals surface area contributed by atoms with Crippen LogP contribution in [0.1, 0.15) is 20.3 Å². The van der Waals surface area contributed by atoms with Crippen LogP contribution in [0.5, 0.6) is 0 Å². The minimum atomic E-state index is -3.46. The molecule has 2 aliphatic heterocycles. The van der Waals surface area contributed by atoms with Crippen LogP contribution in [0, 0.1) is 0 Å². The molecule has 2 fully saturated rings. The molecule has 0 saturated carbocycles. The van der Waals surface area contributed by atoms with Crippen LogP contribution < -0.4 is 10.6 Å². The van der Waals surface area contributed by atoms with Gasteiger partial charge in [0.05, 0.1) is 18.5 Å². The highest BCUT2D eigenvalue weighted by atomic mass is 32.2. The number of ether oxygens (including phenoxy) is 1. The van der Waals surface area contributed by atoms with Crippen LogP contribution in [0.2, 0.25) is 0 Å². The molecule has 2 heterocycles. The van der Waals surface area contributed by atoms with Gasteiger partial charge in [0.15, 0.2) is 0 Å². The molecule has 8 heteroatoms. The van der Waals surface area contributed by atoms with Gasteiger partial charge in [0.2, 0.25) is 15.9 Å². The number of rotatable bonds is 4. The van der Waals surface area contributed by atoms with E-state index < -0.39 is 21.3 Å². The Hall–Kier alpha value is -0.700. The minimum absolute atomic E-state index is 0.0258. The molecule has 2 N–H and O–H groups in total. The third-order valence-electron chi connectivity index (χ3n) is 3.58. The van der Waals surface area contributed by atoms with Gasteiger partial charge in [-0.15, -0.1) is 0 Å². The van der Waals surface area contributed by atoms with Gasteiger partial charge in [-0.3, -0.25) is 4.79 Å². The Labute approximate surface area is 120 Å². The van der Waals surface area contributed by atoms with Gasteiger partial charge in [-0.2, -0.15) is 4.31 Å². The maximum Gasteiger partial charge on any atom is 0.241 e. The molecule has 2 atom stereocenters. The highest BCUT2D eigenvalue weighted by Gasteiger charge is 2.42. The van der Waals surface area contributed by atoms with E-state index in [0.717, 1.165) is 0 Å². The lowest BCUT2D eigenvalue weighted by Crippen LogP contribution is -2.58. The third kappa shape index (κ3) is 3.30. The molecule has 0 radical (unpaired) electrons. The van der Waals surface area contributed by atoms with E-state index >= 15 is 0 Å². The van der Waals surface area contributed by atoms with Gasteiger partial charge >= 0.3 is 0 Å². The summed E-state index contributed by atoms with van der Waals surface area (Å²) in [5.41, 5.74) is 0. The fourth-order valence-electron chi connectivity index (χ4n) is 2.55. The monoisotopic (exact) mass is 305 g/mol. The number of hydrogen-bond donors (Lipinski definition) is 2. The van der Waals surface area contributed by atoms with Gasteiger partial charge in [0.25, 0.3) is 0 Å². The first kappa shape index (κ1) is 15.7. The van der Waals surface area contributed by atoms with Crippen molar-refractivity contribution < 1.29 is 17.9 Å². The fraction of sp³-hybridized carbons (Fsp3) is 0.917. The summed E-state index contributed by atoms with van der Waals surface area (Å²) in [7, 11) is -3.46. The Kier molecular flexibility index (Phi) is 5.00. The number of nitrogens with one attached hydrogen (secondary N) is 2. The molecule has 0 aromatic carbocycles. The number of amides is 1. The van der Waals surface area contributed by atoms with Crippen molar-refractivity contribution in [3.8, 4) is 0 Å². The minimum Gasteiger partial charge on any atom is -0.378 e. The van der Waals surface area contributed by atoms with Gasteiger partial charge < -0.3 is 15.4 Å². The van der Waals surface area contributed by atoms with Gasteiger partial charge in [0, 0.05) is 19.1 Å². The quantitative estimate of drug-likeness (QED) is 0.689. The van der Waals surface area contributed by atoms with Crippen LogP contribution >= 0.6 is 0 Å². The molecule has 0 aliphatic carbocycles.